The van der Waals surface area contributed by atoms with Gasteiger partial charge in [-0.05, 0) is 13.5 Å². The second kappa shape index (κ2) is 7.65. The van der Waals surface area contributed by atoms with Crippen molar-refractivity contribution in [3.05, 3.63) is 0 Å². The summed E-state index contributed by atoms with van der Waals surface area (Å²) in [4.78, 5) is 13.6. The predicted molar refractivity (Wildman–Crippen MR) is 59.8 cm³/mol. The molecular formula is C11H23NO3. The molecule has 90 valence electrons. The first-order valence-corrected chi connectivity index (χ1v) is 5.39. The highest BCUT2D eigenvalue weighted by Crippen LogP contribution is 2.11. The molecule has 0 aromatic carbocycles. The van der Waals surface area contributed by atoms with Gasteiger partial charge in [-0.2, -0.15) is 0 Å². The average Bonchev–Trinajstić information content (AvgIpc) is 2.27. The molecule has 0 radical (unpaired) electrons. The van der Waals surface area contributed by atoms with E-state index in [1.807, 2.05) is 13.8 Å². The Hall–Kier alpha value is -0.610. The smallest absolute Gasteiger partial charge is 0.309 e. The van der Waals surface area contributed by atoms with Crippen LogP contribution in [0.1, 0.15) is 20.8 Å². The van der Waals surface area contributed by atoms with Crippen molar-refractivity contribution in [2.24, 2.45) is 5.92 Å². The molecule has 0 aliphatic carbocycles. The van der Waals surface area contributed by atoms with Gasteiger partial charge >= 0.3 is 5.97 Å². The fraction of sp³-hybridized carbons (Fsp3) is 0.909. The minimum absolute atomic E-state index is 0.105. The molecular weight excluding hydrogens is 194 g/mol. The van der Waals surface area contributed by atoms with Crippen LogP contribution in [0.2, 0.25) is 0 Å². The maximum atomic E-state index is 11.4. The van der Waals surface area contributed by atoms with E-state index in [0.717, 1.165) is 13.1 Å². The zero-order chi connectivity index (χ0) is 11.8. The van der Waals surface area contributed by atoms with E-state index in [0.29, 0.717) is 6.61 Å². The van der Waals surface area contributed by atoms with Crippen molar-refractivity contribution in [3.63, 3.8) is 0 Å². The third-order valence-corrected chi connectivity index (χ3v) is 2.86. The SMILES string of the molecule is CCN(CCOC)C(C)C(C)C(=O)OC. The van der Waals surface area contributed by atoms with Crippen molar-refractivity contribution >= 4 is 5.97 Å². The van der Waals surface area contributed by atoms with Crippen LogP contribution >= 0.6 is 0 Å². The molecule has 0 aliphatic heterocycles. The van der Waals surface area contributed by atoms with Gasteiger partial charge in [0.25, 0.3) is 0 Å². The summed E-state index contributed by atoms with van der Waals surface area (Å²) < 4.78 is 9.77. The zero-order valence-electron chi connectivity index (χ0n) is 10.4. The van der Waals surface area contributed by atoms with Crippen molar-refractivity contribution in [1.29, 1.82) is 0 Å². The lowest BCUT2D eigenvalue weighted by Gasteiger charge is -2.30. The van der Waals surface area contributed by atoms with Gasteiger partial charge in [-0.3, -0.25) is 9.69 Å². The number of carbonyl (C=O) groups is 1. The number of rotatable bonds is 7. The fourth-order valence-electron chi connectivity index (χ4n) is 1.56. The lowest BCUT2D eigenvalue weighted by Crippen LogP contribution is -2.42. The van der Waals surface area contributed by atoms with E-state index in [9.17, 15) is 4.79 Å². The number of hydrogen-bond donors (Lipinski definition) is 0. The van der Waals surface area contributed by atoms with Crippen LogP contribution in [-0.2, 0) is 14.3 Å². The summed E-state index contributed by atoms with van der Waals surface area (Å²) in [6.07, 6.45) is 0. The largest absolute Gasteiger partial charge is 0.469 e. The summed E-state index contributed by atoms with van der Waals surface area (Å²) >= 11 is 0. The summed E-state index contributed by atoms with van der Waals surface area (Å²) in [6.45, 7) is 8.45. The molecule has 0 bridgehead atoms. The monoisotopic (exact) mass is 217 g/mol. The summed E-state index contributed by atoms with van der Waals surface area (Å²) in [5.41, 5.74) is 0. The second-order valence-corrected chi connectivity index (χ2v) is 3.67. The maximum Gasteiger partial charge on any atom is 0.309 e. The van der Waals surface area contributed by atoms with E-state index in [1.54, 1.807) is 7.11 Å². The van der Waals surface area contributed by atoms with E-state index in [2.05, 4.69) is 11.8 Å². The number of ether oxygens (including phenoxy) is 2. The highest BCUT2D eigenvalue weighted by Gasteiger charge is 2.25. The zero-order valence-corrected chi connectivity index (χ0v) is 10.4. The van der Waals surface area contributed by atoms with Crippen LogP contribution in [0.5, 0.6) is 0 Å². The Morgan fingerprint density at radius 3 is 2.33 bits per heavy atom. The lowest BCUT2D eigenvalue weighted by atomic mass is 10.0. The number of likely N-dealkylation sites (N-methyl/N-ethyl adjacent to an activating group) is 1. The predicted octanol–water partition coefficient (Wildman–Crippen LogP) is 1.15. The second-order valence-electron chi connectivity index (χ2n) is 3.67. The van der Waals surface area contributed by atoms with Crippen LogP contribution in [-0.4, -0.2) is 50.8 Å². The van der Waals surface area contributed by atoms with E-state index in [4.69, 9.17) is 9.47 Å². The van der Waals surface area contributed by atoms with Crippen molar-refractivity contribution in [2.45, 2.75) is 26.8 Å². The lowest BCUT2D eigenvalue weighted by molar-refractivity contribution is -0.147. The molecule has 0 saturated heterocycles. The van der Waals surface area contributed by atoms with Crippen LogP contribution in [0.3, 0.4) is 0 Å². The van der Waals surface area contributed by atoms with Gasteiger partial charge in [-0.1, -0.05) is 13.8 Å². The van der Waals surface area contributed by atoms with Crippen LogP contribution < -0.4 is 0 Å². The van der Waals surface area contributed by atoms with Crippen molar-refractivity contribution in [1.82, 2.24) is 4.90 Å². The summed E-state index contributed by atoms with van der Waals surface area (Å²) in [6, 6.07) is 0.178. The maximum absolute atomic E-state index is 11.4. The first-order valence-electron chi connectivity index (χ1n) is 5.39. The molecule has 0 aromatic rings. The number of methoxy groups -OCH3 is 2. The Bertz CT molecular complexity index is 185. The summed E-state index contributed by atoms with van der Waals surface area (Å²) in [7, 11) is 3.11. The van der Waals surface area contributed by atoms with Crippen LogP contribution in [0.25, 0.3) is 0 Å². The van der Waals surface area contributed by atoms with Crippen molar-refractivity contribution in [3.8, 4) is 0 Å². The van der Waals surface area contributed by atoms with Gasteiger partial charge in [0.05, 0.1) is 19.6 Å². The first-order chi connectivity index (χ1) is 7.08. The summed E-state index contributed by atoms with van der Waals surface area (Å²) in [5.74, 6) is -0.259. The first kappa shape index (κ1) is 14.4. The Morgan fingerprint density at radius 1 is 1.33 bits per heavy atom. The molecule has 0 N–H and O–H groups in total. The van der Waals surface area contributed by atoms with Gasteiger partial charge in [0, 0.05) is 19.7 Å². The Balaban J connectivity index is 4.23. The molecule has 0 heterocycles. The molecule has 0 rings (SSSR count). The molecule has 0 aromatic heterocycles. The van der Waals surface area contributed by atoms with Crippen LogP contribution in [0.4, 0.5) is 0 Å². The van der Waals surface area contributed by atoms with E-state index < -0.39 is 0 Å². The van der Waals surface area contributed by atoms with Gasteiger partial charge in [-0.15, -0.1) is 0 Å². The molecule has 0 fully saturated rings. The third kappa shape index (κ3) is 4.62. The van der Waals surface area contributed by atoms with Gasteiger partial charge in [-0.25, -0.2) is 0 Å². The standard InChI is InChI=1S/C11H23NO3/c1-6-12(7-8-14-4)10(3)9(2)11(13)15-5/h9-10H,6-8H2,1-5H3. The molecule has 4 heteroatoms. The highest BCUT2D eigenvalue weighted by molar-refractivity contribution is 5.72. The molecule has 4 nitrogen and oxygen atoms in total. The molecule has 0 saturated carbocycles. The fourth-order valence-corrected chi connectivity index (χ4v) is 1.56. The Labute approximate surface area is 92.5 Å². The van der Waals surface area contributed by atoms with Crippen LogP contribution in [0.15, 0.2) is 0 Å². The van der Waals surface area contributed by atoms with E-state index in [1.165, 1.54) is 7.11 Å². The van der Waals surface area contributed by atoms with Gasteiger partial charge in [0.15, 0.2) is 0 Å². The molecule has 2 unspecified atom stereocenters. The summed E-state index contributed by atoms with van der Waals surface area (Å²) in [5, 5.41) is 0. The highest BCUT2D eigenvalue weighted by atomic mass is 16.5. The van der Waals surface area contributed by atoms with Gasteiger partial charge in [0.2, 0.25) is 0 Å². The molecule has 0 amide bonds. The van der Waals surface area contributed by atoms with Crippen molar-refractivity contribution in [2.75, 3.05) is 33.9 Å². The third-order valence-electron chi connectivity index (χ3n) is 2.86. The normalized spacial score (nSPS) is 15.1. The van der Waals surface area contributed by atoms with Crippen molar-refractivity contribution < 1.29 is 14.3 Å². The quantitative estimate of drug-likeness (QED) is 0.600. The Kier molecular flexibility index (Phi) is 7.34. The molecule has 15 heavy (non-hydrogen) atoms. The number of esters is 1. The minimum atomic E-state index is -0.154. The molecule has 0 spiro atoms. The molecule has 2 atom stereocenters. The van der Waals surface area contributed by atoms with E-state index >= 15 is 0 Å². The van der Waals surface area contributed by atoms with E-state index in [-0.39, 0.29) is 17.9 Å². The number of nitrogens with zero attached hydrogens (tertiary/aromatic N) is 1. The van der Waals surface area contributed by atoms with Gasteiger partial charge < -0.3 is 9.47 Å². The number of carbonyl (C=O) groups excluding carboxylic acids is 1. The van der Waals surface area contributed by atoms with Gasteiger partial charge in [0.1, 0.15) is 0 Å². The number of hydrogen-bond acceptors (Lipinski definition) is 4. The average molecular weight is 217 g/mol. The molecule has 0 aliphatic rings. The minimum Gasteiger partial charge on any atom is -0.469 e. The topological polar surface area (TPSA) is 38.8 Å². The van der Waals surface area contributed by atoms with Crippen LogP contribution in [0, 0.1) is 5.92 Å². The Morgan fingerprint density at radius 2 is 1.93 bits per heavy atom.